The second-order valence-corrected chi connectivity index (χ2v) is 5.77. The van der Waals surface area contributed by atoms with Gasteiger partial charge in [-0.25, -0.2) is 0 Å². The van der Waals surface area contributed by atoms with E-state index in [2.05, 4.69) is 19.2 Å². The standard InChI is InChI=1S/C13H25NO/c1-9(2)13(10-6-7-10)14-8-11-4-3-5-12(11)15/h9-15H,3-8H2,1-2H3. The molecule has 2 N–H and O–H groups in total. The van der Waals surface area contributed by atoms with Crippen molar-refractivity contribution < 1.29 is 5.11 Å². The van der Waals surface area contributed by atoms with E-state index in [1.165, 1.54) is 25.7 Å². The SMILES string of the molecule is CC(C)C(NCC1CCCC1O)C1CC1. The molecule has 2 fully saturated rings. The minimum atomic E-state index is -0.0375. The van der Waals surface area contributed by atoms with Crippen LogP contribution in [0.5, 0.6) is 0 Å². The van der Waals surface area contributed by atoms with Crippen molar-refractivity contribution >= 4 is 0 Å². The molecule has 3 atom stereocenters. The van der Waals surface area contributed by atoms with Gasteiger partial charge in [0.05, 0.1) is 6.10 Å². The van der Waals surface area contributed by atoms with E-state index >= 15 is 0 Å². The third-order valence-corrected chi connectivity index (χ3v) is 4.08. The van der Waals surface area contributed by atoms with Gasteiger partial charge in [0.1, 0.15) is 0 Å². The van der Waals surface area contributed by atoms with Gasteiger partial charge in [0.25, 0.3) is 0 Å². The van der Waals surface area contributed by atoms with Crippen LogP contribution in [-0.4, -0.2) is 23.8 Å². The Kier molecular flexibility index (Phi) is 3.68. The van der Waals surface area contributed by atoms with Crippen LogP contribution in [0.1, 0.15) is 46.0 Å². The molecule has 2 rings (SSSR count). The summed E-state index contributed by atoms with van der Waals surface area (Å²) in [6.07, 6.45) is 6.21. The number of hydrogen-bond donors (Lipinski definition) is 2. The van der Waals surface area contributed by atoms with Crippen molar-refractivity contribution in [2.75, 3.05) is 6.54 Å². The lowest BCUT2D eigenvalue weighted by molar-refractivity contribution is 0.127. The fraction of sp³-hybridized carbons (Fsp3) is 1.00. The van der Waals surface area contributed by atoms with Crippen LogP contribution in [0, 0.1) is 17.8 Å². The molecule has 0 aromatic carbocycles. The molecule has 0 heterocycles. The molecule has 0 spiro atoms. The first-order chi connectivity index (χ1) is 7.18. The molecule has 88 valence electrons. The molecule has 2 saturated carbocycles. The summed E-state index contributed by atoms with van der Waals surface area (Å²) >= 11 is 0. The van der Waals surface area contributed by atoms with Gasteiger partial charge in [-0.3, -0.25) is 0 Å². The summed E-state index contributed by atoms with van der Waals surface area (Å²) in [5.41, 5.74) is 0. The first-order valence-electron chi connectivity index (χ1n) is 6.60. The Bertz CT molecular complexity index is 199. The molecule has 3 unspecified atom stereocenters. The molecule has 2 nitrogen and oxygen atoms in total. The summed E-state index contributed by atoms with van der Waals surface area (Å²) in [4.78, 5) is 0. The molecule has 0 bridgehead atoms. The molecule has 2 aliphatic carbocycles. The Balaban J connectivity index is 1.75. The first-order valence-corrected chi connectivity index (χ1v) is 6.60. The average Bonchev–Trinajstić information content (AvgIpc) is 2.92. The summed E-state index contributed by atoms with van der Waals surface area (Å²) in [5.74, 6) is 2.17. The summed E-state index contributed by atoms with van der Waals surface area (Å²) < 4.78 is 0. The van der Waals surface area contributed by atoms with Gasteiger partial charge in [-0.05, 0) is 43.4 Å². The summed E-state index contributed by atoms with van der Waals surface area (Å²) in [5, 5.41) is 13.4. The van der Waals surface area contributed by atoms with Crippen molar-refractivity contribution in [3.05, 3.63) is 0 Å². The van der Waals surface area contributed by atoms with Crippen LogP contribution in [-0.2, 0) is 0 Å². The largest absolute Gasteiger partial charge is 0.393 e. The van der Waals surface area contributed by atoms with E-state index in [9.17, 15) is 5.11 Å². The lowest BCUT2D eigenvalue weighted by atomic mass is 9.98. The van der Waals surface area contributed by atoms with Gasteiger partial charge in [-0.15, -0.1) is 0 Å². The van der Waals surface area contributed by atoms with Crippen molar-refractivity contribution in [1.82, 2.24) is 5.32 Å². The minimum absolute atomic E-state index is 0.0375. The number of nitrogens with one attached hydrogen (secondary N) is 1. The molecule has 0 aromatic heterocycles. The molecular weight excluding hydrogens is 186 g/mol. The van der Waals surface area contributed by atoms with E-state index in [0.29, 0.717) is 12.0 Å². The zero-order valence-electron chi connectivity index (χ0n) is 10.1. The Morgan fingerprint density at radius 2 is 1.93 bits per heavy atom. The molecule has 0 amide bonds. The van der Waals surface area contributed by atoms with Crippen molar-refractivity contribution in [1.29, 1.82) is 0 Å². The Labute approximate surface area is 93.5 Å². The van der Waals surface area contributed by atoms with Crippen LogP contribution >= 0.6 is 0 Å². The summed E-state index contributed by atoms with van der Waals surface area (Å²) in [6.45, 7) is 5.64. The monoisotopic (exact) mass is 211 g/mol. The Morgan fingerprint density at radius 3 is 2.40 bits per heavy atom. The highest BCUT2D eigenvalue weighted by Crippen LogP contribution is 2.36. The average molecular weight is 211 g/mol. The molecular formula is C13H25NO. The van der Waals surface area contributed by atoms with Crippen LogP contribution in [0.3, 0.4) is 0 Å². The minimum Gasteiger partial charge on any atom is -0.393 e. The van der Waals surface area contributed by atoms with Crippen molar-refractivity contribution in [3.63, 3.8) is 0 Å². The van der Waals surface area contributed by atoms with Gasteiger partial charge in [0.2, 0.25) is 0 Å². The van der Waals surface area contributed by atoms with Crippen molar-refractivity contribution in [3.8, 4) is 0 Å². The number of rotatable bonds is 5. The number of aliphatic hydroxyl groups is 1. The topological polar surface area (TPSA) is 32.3 Å². The molecule has 0 radical (unpaired) electrons. The van der Waals surface area contributed by atoms with Crippen LogP contribution in [0.2, 0.25) is 0 Å². The molecule has 0 saturated heterocycles. The second-order valence-electron chi connectivity index (χ2n) is 5.77. The van der Waals surface area contributed by atoms with Crippen LogP contribution in [0.25, 0.3) is 0 Å². The van der Waals surface area contributed by atoms with Crippen LogP contribution in [0.4, 0.5) is 0 Å². The van der Waals surface area contributed by atoms with Gasteiger partial charge in [0, 0.05) is 12.6 Å². The van der Waals surface area contributed by atoms with E-state index in [4.69, 9.17) is 0 Å². The van der Waals surface area contributed by atoms with E-state index in [0.717, 1.165) is 24.8 Å². The van der Waals surface area contributed by atoms with Gasteiger partial charge < -0.3 is 10.4 Å². The molecule has 15 heavy (non-hydrogen) atoms. The molecule has 2 aliphatic rings. The van der Waals surface area contributed by atoms with Gasteiger partial charge in [-0.2, -0.15) is 0 Å². The van der Waals surface area contributed by atoms with Gasteiger partial charge in [0.15, 0.2) is 0 Å². The Morgan fingerprint density at radius 1 is 1.20 bits per heavy atom. The molecule has 0 aliphatic heterocycles. The lowest BCUT2D eigenvalue weighted by Gasteiger charge is -2.25. The van der Waals surface area contributed by atoms with E-state index in [1.54, 1.807) is 0 Å². The third-order valence-electron chi connectivity index (χ3n) is 4.08. The van der Waals surface area contributed by atoms with E-state index in [1.807, 2.05) is 0 Å². The van der Waals surface area contributed by atoms with E-state index in [-0.39, 0.29) is 6.10 Å². The third kappa shape index (κ3) is 2.94. The maximum Gasteiger partial charge on any atom is 0.0580 e. The molecule has 0 aromatic rings. The maximum absolute atomic E-state index is 9.75. The van der Waals surface area contributed by atoms with Crippen molar-refractivity contribution in [2.45, 2.75) is 58.1 Å². The Hall–Kier alpha value is -0.0800. The highest BCUT2D eigenvalue weighted by Gasteiger charge is 2.34. The van der Waals surface area contributed by atoms with Crippen LogP contribution < -0.4 is 5.32 Å². The number of hydrogen-bond acceptors (Lipinski definition) is 2. The van der Waals surface area contributed by atoms with Crippen LogP contribution in [0.15, 0.2) is 0 Å². The fourth-order valence-corrected chi connectivity index (χ4v) is 2.94. The fourth-order valence-electron chi connectivity index (χ4n) is 2.94. The van der Waals surface area contributed by atoms with E-state index < -0.39 is 0 Å². The normalized spacial score (nSPS) is 33.6. The second kappa shape index (κ2) is 4.84. The number of aliphatic hydroxyl groups excluding tert-OH is 1. The summed E-state index contributed by atoms with van der Waals surface area (Å²) in [6, 6.07) is 0.692. The zero-order chi connectivity index (χ0) is 10.8. The first kappa shape index (κ1) is 11.4. The predicted molar refractivity (Wildman–Crippen MR) is 62.7 cm³/mol. The summed E-state index contributed by atoms with van der Waals surface area (Å²) in [7, 11) is 0. The lowest BCUT2D eigenvalue weighted by Crippen LogP contribution is -2.40. The predicted octanol–water partition coefficient (Wildman–Crippen LogP) is 2.17. The van der Waals surface area contributed by atoms with Gasteiger partial charge in [-0.1, -0.05) is 20.3 Å². The highest BCUT2D eigenvalue weighted by atomic mass is 16.3. The highest BCUT2D eigenvalue weighted by molar-refractivity contribution is 4.89. The maximum atomic E-state index is 9.75. The zero-order valence-corrected chi connectivity index (χ0v) is 10.1. The quantitative estimate of drug-likeness (QED) is 0.730. The van der Waals surface area contributed by atoms with Gasteiger partial charge >= 0.3 is 0 Å². The van der Waals surface area contributed by atoms with Crippen molar-refractivity contribution in [2.24, 2.45) is 17.8 Å². The molecule has 2 heteroatoms. The smallest absolute Gasteiger partial charge is 0.0580 e.